The predicted octanol–water partition coefficient (Wildman–Crippen LogP) is 1.97. The fourth-order valence-electron chi connectivity index (χ4n) is 3.16. The number of nitrogens with zero attached hydrogens (tertiary/aromatic N) is 2. The number of likely N-dealkylation sites (tertiary alicyclic amines) is 1. The second-order valence-electron chi connectivity index (χ2n) is 6.77. The fourth-order valence-corrected chi connectivity index (χ4v) is 3.16. The second kappa shape index (κ2) is 4.87. The highest BCUT2D eigenvalue weighted by Gasteiger charge is 2.35. The summed E-state index contributed by atoms with van der Waals surface area (Å²) in [5, 5.41) is 0. The summed E-state index contributed by atoms with van der Waals surface area (Å²) in [6, 6.07) is 0.739. The van der Waals surface area contributed by atoms with Crippen molar-refractivity contribution in [3.05, 3.63) is 0 Å². The van der Waals surface area contributed by atoms with E-state index in [0.717, 1.165) is 19.1 Å². The lowest BCUT2D eigenvalue weighted by Crippen LogP contribution is -2.51. The van der Waals surface area contributed by atoms with E-state index in [-0.39, 0.29) is 0 Å². The first-order chi connectivity index (χ1) is 7.86. The second-order valence-corrected chi connectivity index (χ2v) is 6.77. The van der Waals surface area contributed by atoms with Gasteiger partial charge < -0.3 is 4.74 Å². The molecule has 3 nitrogen and oxygen atoms in total. The van der Waals surface area contributed by atoms with Crippen molar-refractivity contribution in [1.29, 1.82) is 0 Å². The number of rotatable bonds is 1. The molecule has 1 unspecified atom stereocenters. The molecule has 17 heavy (non-hydrogen) atoms. The molecule has 0 radical (unpaired) electrons. The summed E-state index contributed by atoms with van der Waals surface area (Å²) in [4.78, 5) is 5.26. The van der Waals surface area contributed by atoms with Gasteiger partial charge in [-0.25, -0.2) is 0 Å². The molecule has 2 aliphatic heterocycles. The summed E-state index contributed by atoms with van der Waals surface area (Å²) in [7, 11) is 0. The minimum atomic E-state index is 0.318. The van der Waals surface area contributed by atoms with Gasteiger partial charge in [-0.2, -0.15) is 0 Å². The van der Waals surface area contributed by atoms with Gasteiger partial charge in [0.1, 0.15) is 0 Å². The number of hydrogen-bond acceptors (Lipinski definition) is 3. The molecular weight excluding hydrogens is 212 g/mol. The van der Waals surface area contributed by atoms with Gasteiger partial charge in [-0.1, -0.05) is 0 Å². The van der Waals surface area contributed by atoms with Gasteiger partial charge >= 0.3 is 0 Å². The molecule has 0 saturated carbocycles. The van der Waals surface area contributed by atoms with Crippen molar-refractivity contribution < 1.29 is 4.74 Å². The van der Waals surface area contributed by atoms with Crippen molar-refractivity contribution in [2.24, 2.45) is 0 Å². The van der Waals surface area contributed by atoms with E-state index in [1.54, 1.807) is 0 Å². The average Bonchev–Trinajstić information content (AvgIpc) is 2.63. The molecule has 0 aromatic heterocycles. The highest BCUT2D eigenvalue weighted by atomic mass is 16.5. The van der Waals surface area contributed by atoms with Crippen molar-refractivity contribution in [2.75, 3.05) is 26.2 Å². The van der Waals surface area contributed by atoms with Crippen molar-refractivity contribution in [3.8, 4) is 0 Å². The van der Waals surface area contributed by atoms with Gasteiger partial charge in [-0.3, -0.25) is 9.80 Å². The highest BCUT2D eigenvalue weighted by Crippen LogP contribution is 2.25. The van der Waals surface area contributed by atoms with Crippen LogP contribution >= 0.6 is 0 Å². The van der Waals surface area contributed by atoms with Crippen LogP contribution in [0.15, 0.2) is 0 Å². The van der Waals surface area contributed by atoms with Gasteiger partial charge in [0.2, 0.25) is 0 Å². The molecular formula is C14H28N2O. The van der Waals surface area contributed by atoms with Crippen LogP contribution in [0, 0.1) is 0 Å². The molecule has 2 aliphatic rings. The van der Waals surface area contributed by atoms with Crippen molar-refractivity contribution in [2.45, 2.75) is 64.8 Å². The molecule has 2 rings (SSSR count). The first kappa shape index (κ1) is 13.3. The Morgan fingerprint density at radius 1 is 1.00 bits per heavy atom. The Balaban J connectivity index is 1.92. The smallest absolute Gasteiger partial charge is 0.0678 e. The van der Waals surface area contributed by atoms with Crippen LogP contribution < -0.4 is 0 Å². The van der Waals surface area contributed by atoms with Gasteiger partial charge in [-0.05, 0) is 41.0 Å². The molecule has 0 bridgehead atoms. The summed E-state index contributed by atoms with van der Waals surface area (Å²) < 4.78 is 5.81. The van der Waals surface area contributed by atoms with Crippen LogP contribution in [0.2, 0.25) is 0 Å². The quantitative estimate of drug-likeness (QED) is 0.697. The Hall–Kier alpha value is -0.120. The third-order valence-corrected chi connectivity index (χ3v) is 4.08. The Kier molecular flexibility index (Phi) is 3.81. The summed E-state index contributed by atoms with van der Waals surface area (Å²) in [5.74, 6) is 0. The lowest BCUT2D eigenvalue weighted by molar-refractivity contribution is -0.0795. The van der Waals surface area contributed by atoms with Crippen LogP contribution in [-0.4, -0.2) is 59.8 Å². The molecule has 0 N–H and O–H groups in total. The Morgan fingerprint density at radius 3 is 2.06 bits per heavy atom. The van der Waals surface area contributed by atoms with E-state index in [1.165, 1.54) is 19.5 Å². The SMILES string of the molecule is C[C@@H]1CN(C2CCN(C(C)(C)C)C2)C[C@H](C)O1. The van der Waals surface area contributed by atoms with Gasteiger partial charge in [0.15, 0.2) is 0 Å². The Labute approximate surface area is 106 Å². The summed E-state index contributed by atoms with van der Waals surface area (Å²) in [6.07, 6.45) is 2.10. The Morgan fingerprint density at radius 2 is 1.59 bits per heavy atom. The van der Waals surface area contributed by atoms with Crippen molar-refractivity contribution in [3.63, 3.8) is 0 Å². The number of morpholine rings is 1. The largest absolute Gasteiger partial charge is 0.373 e. The van der Waals surface area contributed by atoms with Crippen LogP contribution in [0.1, 0.15) is 41.0 Å². The molecule has 0 amide bonds. The normalized spacial score (nSPS) is 37.6. The molecule has 0 aromatic rings. The first-order valence-corrected chi connectivity index (χ1v) is 7.01. The fraction of sp³-hybridized carbons (Fsp3) is 1.00. The zero-order valence-electron chi connectivity index (χ0n) is 12.1. The van der Waals surface area contributed by atoms with E-state index >= 15 is 0 Å². The van der Waals surface area contributed by atoms with Gasteiger partial charge in [0.05, 0.1) is 12.2 Å². The lowest BCUT2D eigenvalue weighted by atomic mass is 10.1. The molecule has 100 valence electrons. The van der Waals surface area contributed by atoms with Gasteiger partial charge in [0, 0.05) is 37.8 Å². The van der Waals surface area contributed by atoms with E-state index in [9.17, 15) is 0 Å². The molecule has 0 aromatic carbocycles. The van der Waals surface area contributed by atoms with Crippen LogP contribution in [0.3, 0.4) is 0 Å². The van der Waals surface area contributed by atoms with Crippen LogP contribution in [0.25, 0.3) is 0 Å². The minimum Gasteiger partial charge on any atom is -0.373 e. The van der Waals surface area contributed by atoms with E-state index in [4.69, 9.17) is 4.74 Å². The molecule has 0 spiro atoms. The van der Waals surface area contributed by atoms with E-state index in [1.807, 2.05) is 0 Å². The zero-order chi connectivity index (χ0) is 12.6. The molecule has 3 heteroatoms. The standard InChI is InChI=1S/C14H28N2O/c1-11-8-15(9-12(2)17-11)13-6-7-16(10-13)14(3,4)5/h11-13H,6-10H2,1-5H3/t11-,12+,13?. The van der Waals surface area contributed by atoms with E-state index in [2.05, 4.69) is 44.4 Å². The number of ether oxygens (including phenoxy) is 1. The maximum Gasteiger partial charge on any atom is 0.0678 e. The summed E-state index contributed by atoms with van der Waals surface area (Å²) in [6.45, 7) is 16.0. The van der Waals surface area contributed by atoms with E-state index in [0.29, 0.717) is 17.7 Å². The van der Waals surface area contributed by atoms with Gasteiger partial charge in [-0.15, -0.1) is 0 Å². The first-order valence-electron chi connectivity index (χ1n) is 7.01. The molecule has 2 heterocycles. The van der Waals surface area contributed by atoms with Crippen molar-refractivity contribution >= 4 is 0 Å². The third kappa shape index (κ3) is 3.21. The van der Waals surface area contributed by atoms with Crippen molar-refractivity contribution in [1.82, 2.24) is 9.80 Å². The zero-order valence-corrected chi connectivity index (χ0v) is 12.1. The van der Waals surface area contributed by atoms with E-state index < -0.39 is 0 Å². The maximum absolute atomic E-state index is 5.81. The van der Waals surface area contributed by atoms with Crippen LogP contribution in [0.4, 0.5) is 0 Å². The summed E-state index contributed by atoms with van der Waals surface area (Å²) in [5.41, 5.74) is 0.318. The summed E-state index contributed by atoms with van der Waals surface area (Å²) >= 11 is 0. The number of hydrogen-bond donors (Lipinski definition) is 0. The molecule has 3 atom stereocenters. The average molecular weight is 240 g/mol. The topological polar surface area (TPSA) is 15.7 Å². The molecule has 2 saturated heterocycles. The maximum atomic E-state index is 5.81. The third-order valence-electron chi connectivity index (χ3n) is 4.08. The van der Waals surface area contributed by atoms with Gasteiger partial charge in [0.25, 0.3) is 0 Å². The molecule has 2 fully saturated rings. The minimum absolute atomic E-state index is 0.318. The predicted molar refractivity (Wildman–Crippen MR) is 71.3 cm³/mol. The monoisotopic (exact) mass is 240 g/mol. The Bertz CT molecular complexity index is 251. The lowest BCUT2D eigenvalue weighted by Gasteiger charge is -2.39. The highest BCUT2D eigenvalue weighted by molar-refractivity contribution is 4.91. The van der Waals surface area contributed by atoms with Crippen LogP contribution in [-0.2, 0) is 4.74 Å². The molecule has 0 aliphatic carbocycles. The van der Waals surface area contributed by atoms with Crippen LogP contribution in [0.5, 0.6) is 0 Å².